The van der Waals surface area contributed by atoms with Crippen LogP contribution in [0.5, 0.6) is 0 Å². The van der Waals surface area contributed by atoms with Crippen LogP contribution in [0.3, 0.4) is 0 Å². The maximum absolute atomic E-state index is 11.6. The fraction of sp³-hybridized carbons (Fsp3) is 0.696. The number of benzene rings is 1. The number of aliphatic hydroxyl groups excluding tert-OH is 1. The predicted molar refractivity (Wildman–Crippen MR) is 112 cm³/mol. The van der Waals surface area contributed by atoms with Crippen LogP contribution in [-0.2, 0) is 11.3 Å². The molecule has 1 aromatic rings. The van der Waals surface area contributed by atoms with Crippen molar-refractivity contribution in [1.29, 1.82) is 0 Å². The number of carbonyl (C=O) groups excluding carboxylic acids is 1. The van der Waals surface area contributed by atoms with Crippen LogP contribution in [0.2, 0.25) is 0 Å². The van der Waals surface area contributed by atoms with Gasteiger partial charge in [0.1, 0.15) is 5.78 Å². The largest absolute Gasteiger partial charge is 0.392 e. The summed E-state index contributed by atoms with van der Waals surface area (Å²) in [7, 11) is 0. The maximum atomic E-state index is 11.6. The van der Waals surface area contributed by atoms with Crippen LogP contribution in [0.1, 0.15) is 52.5 Å². The summed E-state index contributed by atoms with van der Waals surface area (Å²) in [6, 6.07) is 10.5. The Bertz CT molecular complexity index is 577. The van der Waals surface area contributed by atoms with E-state index in [9.17, 15) is 9.90 Å². The van der Waals surface area contributed by atoms with Gasteiger partial charge in [0.25, 0.3) is 0 Å². The average Bonchev–Trinajstić information content (AvgIpc) is 2.69. The van der Waals surface area contributed by atoms with Gasteiger partial charge in [0, 0.05) is 50.5 Å². The second-order valence-corrected chi connectivity index (χ2v) is 8.60. The van der Waals surface area contributed by atoms with Crippen molar-refractivity contribution in [3.63, 3.8) is 0 Å². The van der Waals surface area contributed by atoms with E-state index >= 15 is 0 Å². The van der Waals surface area contributed by atoms with E-state index in [0.717, 1.165) is 52.0 Å². The number of hydrogen-bond donors (Lipinski definition) is 2. The van der Waals surface area contributed by atoms with Crippen molar-refractivity contribution < 1.29 is 9.90 Å². The lowest BCUT2D eigenvalue weighted by molar-refractivity contribution is -0.126. The number of nitrogens with zero attached hydrogens (tertiary/aromatic N) is 1. The van der Waals surface area contributed by atoms with Crippen molar-refractivity contribution in [1.82, 2.24) is 10.2 Å². The zero-order chi connectivity index (χ0) is 19.9. The summed E-state index contributed by atoms with van der Waals surface area (Å²) in [5, 5.41) is 13.2. The van der Waals surface area contributed by atoms with E-state index in [1.165, 1.54) is 5.56 Å². The Morgan fingerprint density at radius 2 is 1.96 bits per heavy atom. The Kier molecular flexibility index (Phi) is 8.46. The Morgan fingerprint density at radius 3 is 2.56 bits per heavy atom. The van der Waals surface area contributed by atoms with Crippen molar-refractivity contribution in [3.8, 4) is 0 Å². The molecule has 4 heteroatoms. The molecule has 0 aliphatic carbocycles. The van der Waals surface area contributed by atoms with Gasteiger partial charge in [0.05, 0.1) is 6.10 Å². The molecule has 0 saturated carbocycles. The van der Waals surface area contributed by atoms with Crippen molar-refractivity contribution in [2.75, 3.05) is 26.2 Å². The summed E-state index contributed by atoms with van der Waals surface area (Å²) in [4.78, 5) is 14.0. The van der Waals surface area contributed by atoms with E-state index < -0.39 is 0 Å². The van der Waals surface area contributed by atoms with E-state index in [1.54, 1.807) is 0 Å². The number of Topliss-reactive ketones (excluding diaryl/α,β-unsaturated/α-hetero) is 1. The van der Waals surface area contributed by atoms with Gasteiger partial charge < -0.3 is 10.4 Å². The van der Waals surface area contributed by atoms with Crippen molar-refractivity contribution >= 4 is 5.78 Å². The molecule has 2 saturated heterocycles. The van der Waals surface area contributed by atoms with E-state index in [-0.39, 0.29) is 17.4 Å². The molecule has 2 heterocycles. The highest BCUT2D eigenvalue weighted by Gasteiger charge is 2.37. The molecule has 0 amide bonds. The van der Waals surface area contributed by atoms with Gasteiger partial charge in [-0.1, -0.05) is 58.0 Å². The quantitative estimate of drug-likeness (QED) is 0.847. The number of aliphatic hydroxyl groups is 1. The van der Waals surface area contributed by atoms with E-state index in [1.807, 2.05) is 6.07 Å². The molecule has 2 fully saturated rings. The van der Waals surface area contributed by atoms with Crippen molar-refractivity contribution in [2.24, 2.45) is 17.3 Å². The molecule has 2 N–H and O–H groups in total. The molecule has 27 heavy (non-hydrogen) atoms. The van der Waals surface area contributed by atoms with Gasteiger partial charge >= 0.3 is 0 Å². The minimum atomic E-state index is -0.131. The molecule has 0 spiro atoms. The number of ketones is 1. The second-order valence-electron chi connectivity index (χ2n) is 8.60. The lowest BCUT2D eigenvalue weighted by Gasteiger charge is -2.42. The van der Waals surface area contributed by atoms with Crippen LogP contribution in [0.4, 0.5) is 0 Å². The maximum Gasteiger partial charge on any atom is 0.138 e. The first-order valence-electron chi connectivity index (χ1n) is 10.6. The number of piperidine rings is 2. The first kappa shape index (κ1) is 22.1. The zero-order valence-corrected chi connectivity index (χ0v) is 17.6. The molecule has 2 aliphatic rings. The highest BCUT2D eigenvalue weighted by Crippen LogP contribution is 2.32. The van der Waals surface area contributed by atoms with Crippen LogP contribution < -0.4 is 5.32 Å². The molecular formula is C23H38N2O2. The lowest BCUT2D eigenvalue weighted by atomic mass is 9.74. The van der Waals surface area contributed by atoms with Gasteiger partial charge in [-0.05, 0) is 24.3 Å². The van der Waals surface area contributed by atoms with E-state index in [4.69, 9.17) is 0 Å². The monoisotopic (exact) mass is 374 g/mol. The molecule has 3 rings (SSSR count). The molecule has 4 nitrogen and oxygen atoms in total. The number of hydrogen-bond acceptors (Lipinski definition) is 4. The van der Waals surface area contributed by atoms with E-state index in [2.05, 4.69) is 62.2 Å². The first-order valence-corrected chi connectivity index (χ1v) is 10.6. The third-order valence-electron chi connectivity index (χ3n) is 6.41. The van der Waals surface area contributed by atoms with Crippen LogP contribution in [0.25, 0.3) is 0 Å². The van der Waals surface area contributed by atoms with Crippen LogP contribution in [-0.4, -0.2) is 48.1 Å². The van der Waals surface area contributed by atoms with Crippen LogP contribution in [0.15, 0.2) is 30.3 Å². The van der Waals surface area contributed by atoms with Gasteiger partial charge in [-0.2, -0.15) is 0 Å². The number of carbonyl (C=O) groups is 1. The van der Waals surface area contributed by atoms with Crippen LogP contribution >= 0.6 is 0 Å². The average molecular weight is 375 g/mol. The summed E-state index contributed by atoms with van der Waals surface area (Å²) in [5.41, 5.74) is 1.43. The summed E-state index contributed by atoms with van der Waals surface area (Å²) in [6.07, 6.45) is 2.62. The molecule has 0 aromatic heterocycles. The summed E-state index contributed by atoms with van der Waals surface area (Å²) < 4.78 is 0. The van der Waals surface area contributed by atoms with Gasteiger partial charge in [0.2, 0.25) is 0 Å². The SMILES string of the molecule is CCC1(C)CNCC(C)C1O.CCC1CN(Cc2ccccc2)CCC1=O. The predicted octanol–water partition coefficient (Wildman–Crippen LogP) is 3.49. The molecule has 152 valence electrons. The highest BCUT2D eigenvalue weighted by atomic mass is 16.3. The second kappa shape index (κ2) is 10.4. The molecule has 2 aliphatic heterocycles. The zero-order valence-electron chi connectivity index (χ0n) is 17.6. The van der Waals surface area contributed by atoms with Gasteiger partial charge in [-0.15, -0.1) is 0 Å². The number of nitrogens with one attached hydrogen (secondary N) is 1. The third-order valence-corrected chi connectivity index (χ3v) is 6.41. The Balaban J connectivity index is 0.000000208. The first-order chi connectivity index (χ1) is 12.9. The minimum Gasteiger partial charge on any atom is -0.392 e. The van der Waals surface area contributed by atoms with E-state index in [0.29, 0.717) is 11.7 Å². The number of rotatable bonds is 4. The molecule has 0 bridgehead atoms. The Labute approximate surface area is 165 Å². The lowest BCUT2D eigenvalue weighted by Crippen LogP contribution is -2.52. The molecule has 0 radical (unpaired) electrons. The summed E-state index contributed by atoms with van der Waals surface area (Å²) in [6.45, 7) is 13.2. The topological polar surface area (TPSA) is 52.6 Å². The Morgan fingerprint density at radius 1 is 1.26 bits per heavy atom. The molecule has 4 unspecified atom stereocenters. The van der Waals surface area contributed by atoms with Crippen LogP contribution in [0, 0.1) is 17.3 Å². The Hall–Kier alpha value is -1.23. The number of likely N-dealkylation sites (tertiary alicyclic amines) is 1. The molecular weight excluding hydrogens is 336 g/mol. The third kappa shape index (κ3) is 6.13. The highest BCUT2D eigenvalue weighted by molar-refractivity contribution is 5.82. The normalized spacial score (nSPS) is 31.9. The fourth-order valence-corrected chi connectivity index (χ4v) is 4.14. The molecule has 1 aromatic carbocycles. The summed E-state index contributed by atoms with van der Waals surface area (Å²) >= 11 is 0. The van der Waals surface area contributed by atoms with Gasteiger partial charge in [-0.25, -0.2) is 0 Å². The molecule has 4 atom stereocenters. The standard InChI is InChI=1S/C14H19NO.C9H19NO/c1-2-13-11-15(9-8-14(13)16)10-12-6-4-3-5-7-12;1-4-9(3)6-10-5-7(2)8(9)11/h3-7,13H,2,8-11H2,1H3;7-8,10-11H,4-6H2,1-3H3. The summed E-state index contributed by atoms with van der Waals surface area (Å²) in [5.74, 6) is 1.11. The minimum absolute atomic E-state index is 0.0949. The van der Waals surface area contributed by atoms with Crippen molar-refractivity contribution in [3.05, 3.63) is 35.9 Å². The van der Waals surface area contributed by atoms with Crippen molar-refractivity contribution in [2.45, 2.75) is 59.6 Å². The van der Waals surface area contributed by atoms with Gasteiger partial charge in [0.15, 0.2) is 0 Å². The van der Waals surface area contributed by atoms with Gasteiger partial charge in [-0.3, -0.25) is 9.69 Å². The fourth-order valence-electron chi connectivity index (χ4n) is 4.14. The smallest absolute Gasteiger partial charge is 0.138 e.